The Hall–Kier alpha value is -11.6. The molecule has 24 heteroatoms. The number of esters is 6. The van der Waals surface area contributed by atoms with Crippen LogP contribution < -0.4 is 0 Å². The minimum Gasteiger partial charge on any atom is -0.457 e. The summed E-state index contributed by atoms with van der Waals surface area (Å²) in [5, 5.41) is 60.7. The number of hydrogen-bond acceptors (Lipinski definition) is 24. The van der Waals surface area contributed by atoms with Crippen molar-refractivity contribution in [2.45, 2.75) is 156 Å². The Bertz CT molecular complexity index is 4530. The van der Waals surface area contributed by atoms with E-state index in [0.717, 1.165) is 6.07 Å². The van der Waals surface area contributed by atoms with E-state index >= 15 is 0 Å². The number of rotatable bonds is 30. The minimum absolute atomic E-state index is 0.113. The summed E-state index contributed by atoms with van der Waals surface area (Å²) in [4.78, 5) is 155. The Balaban J connectivity index is 0.000000301. The summed E-state index contributed by atoms with van der Waals surface area (Å²) in [6.45, 7) is 14.5. The van der Waals surface area contributed by atoms with Crippen LogP contribution in [0.2, 0.25) is 0 Å². The molecule has 0 heterocycles. The highest BCUT2D eigenvalue weighted by Gasteiger charge is 2.32. The van der Waals surface area contributed by atoms with Crippen LogP contribution in [0.1, 0.15) is 241 Å². The van der Waals surface area contributed by atoms with E-state index in [2.05, 4.69) is 0 Å². The third-order valence-corrected chi connectivity index (χ3v) is 16.0. The lowest BCUT2D eigenvalue weighted by molar-refractivity contribution is 0.0421. The molecule has 0 bridgehead atoms. The molecule has 8 rings (SSSR count). The van der Waals surface area contributed by atoms with Gasteiger partial charge in [-0.1, -0.05) is 109 Å². The van der Waals surface area contributed by atoms with Crippen molar-refractivity contribution in [3.63, 3.8) is 0 Å². The molecule has 0 aliphatic heterocycles. The summed E-state index contributed by atoms with van der Waals surface area (Å²) in [5.41, 5.74) is -7.21. The molecule has 0 fully saturated rings. The largest absolute Gasteiger partial charge is 0.457 e. The average Bonchev–Trinajstić information content (AvgIpc) is 0.820. The monoisotopic (exact) mass is 1480 g/mol. The van der Waals surface area contributed by atoms with Gasteiger partial charge in [-0.05, 0) is 189 Å². The van der Waals surface area contributed by atoms with Crippen LogP contribution in [0.25, 0.3) is 0 Å². The fraction of sp³-hybridized carbons (Fsp3) is 0.286. The van der Waals surface area contributed by atoms with Crippen molar-refractivity contribution in [3.8, 4) is 0 Å². The Morgan fingerprint density at radius 3 is 0.602 bits per heavy atom. The van der Waals surface area contributed by atoms with Crippen molar-refractivity contribution < 1.29 is 117 Å². The molecule has 0 spiro atoms. The van der Waals surface area contributed by atoms with Crippen molar-refractivity contribution in [2.75, 3.05) is 0 Å². The Labute approximate surface area is 622 Å². The summed E-state index contributed by atoms with van der Waals surface area (Å²) >= 11 is 0. The second-order valence-electron chi connectivity index (χ2n) is 28.5. The predicted octanol–water partition coefficient (Wildman–Crippen LogP) is 11.2. The second kappa shape index (κ2) is 34.7. The quantitative estimate of drug-likeness (QED) is 0.0138. The fourth-order valence-corrected chi connectivity index (χ4v) is 10.3. The molecule has 0 saturated carbocycles. The first-order valence-electron chi connectivity index (χ1n) is 33.8. The summed E-state index contributed by atoms with van der Waals surface area (Å²) in [6, 6.07) is 44.1. The summed E-state index contributed by atoms with van der Waals surface area (Å²) in [5.74, 6) is -8.79. The molecule has 0 aromatic heterocycles. The molecule has 0 atom stereocenters. The van der Waals surface area contributed by atoms with Crippen molar-refractivity contribution in [2.24, 2.45) is 0 Å². The molecule has 0 unspecified atom stereocenters. The van der Waals surface area contributed by atoms with Crippen molar-refractivity contribution in [3.05, 3.63) is 282 Å². The highest BCUT2D eigenvalue weighted by Crippen LogP contribution is 2.26. The van der Waals surface area contributed by atoms with E-state index in [0.29, 0.717) is 33.4 Å². The lowest BCUT2D eigenvalue weighted by Crippen LogP contribution is -2.31. The number of ketones is 6. The zero-order valence-corrected chi connectivity index (χ0v) is 61.6. The number of benzene rings is 8. The molecular weight excluding hydrogens is 1390 g/mol. The molecule has 0 amide bonds. The van der Waals surface area contributed by atoms with Gasteiger partial charge >= 0.3 is 35.8 Å². The van der Waals surface area contributed by atoms with Crippen LogP contribution in [0.15, 0.2) is 182 Å². The SMILES string of the molecule is CC(C)(O)C(=O)c1cccc(COC(=O)c2cc(C(=O)OCc3cccc(C(=O)C(C)(C)O)c3)cc(C(=O)OCc3cccc(C(=O)C(C)(C)O)c3)c2)c1.CC(C)(O)C(=O)c1cccc(COC(=O)c2ccc(C(=O)OCc3cccc(C(=O)C(C)(C)O)c3)c(C(=O)OCc3cccc(C(=O)C(C)(C)O)c3)c2)c1. The van der Waals surface area contributed by atoms with Crippen LogP contribution >= 0.6 is 0 Å². The smallest absolute Gasteiger partial charge is 0.339 e. The Morgan fingerprint density at radius 1 is 0.213 bits per heavy atom. The number of ether oxygens (including phenoxy) is 6. The molecule has 0 aliphatic rings. The van der Waals surface area contributed by atoms with Crippen LogP contribution in [-0.2, 0) is 68.1 Å². The zero-order chi connectivity index (χ0) is 80.0. The van der Waals surface area contributed by atoms with Gasteiger partial charge in [0.25, 0.3) is 0 Å². The maximum Gasteiger partial charge on any atom is 0.339 e. The van der Waals surface area contributed by atoms with Gasteiger partial charge in [-0.15, -0.1) is 0 Å². The van der Waals surface area contributed by atoms with Gasteiger partial charge in [-0.2, -0.15) is 0 Å². The minimum atomic E-state index is -1.64. The lowest BCUT2D eigenvalue weighted by Gasteiger charge is -2.16. The number of carbonyl (C=O) groups excluding carboxylic acids is 12. The highest BCUT2D eigenvalue weighted by molar-refractivity contribution is 6.07. The van der Waals surface area contributed by atoms with Gasteiger partial charge in [-0.25, -0.2) is 28.8 Å². The highest BCUT2D eigenvalue weighted by atomic mass is 16.6. The van der Waals surface area contributed by atoms with E-state index in [-0.39, 0.29) is 106 Å². The molecule has 564 valence electrons. The van der Waals surface area contributed by atoms with E-state index in [1.165, 1.54) is 186 Å². The third-order valence-electron chi connectivity index (χ3n) is 16.0. The van der Waals surface area contributed by atoms with Crippen LogP contribution in [0.3, 0.4) is 0 Å². The van der Waals surface area contributed by atoms with Gasteiger partial charge in [0.05, 0.1) is 33.4 Å². The van der Waals surface area contributed by atoms with Gasteiger partial charge < -0.3 is 59.1 Å². The van der Waals surface area contributed by atoms with Gasteiger partial charge in [-0.3, -0.25) is 28.8 Å². The molecule has 0 saturated heterocycles. The third kappa shape index (κ3) is 23.4. The van der Waals surface area contributed by atoms with Crippen LogP contribution in [-0.4, -0.2) is 135 Å². The molecule has 0 radical (unpaired) electrons. The molecule has 108 heavy (non-hydrogen) atoms. The first-order chi connectivity index (χ1) is 50.3. The molecule has 6 N–H and O–H groups in total. The molecule has 24 nitrogen and oxygen atoms in total. The molecule has 8 aromatic carbocycles. The van der Waals surface area contributed by atoms with E-state index in [1.54, 1.807) is 72.8 Å². The van der Waals surface area contributed by atoms with E-state index in [9.17, 15) is 88.2 Å². The topological polar surface area (TPSA) is 382 Å². The maximum absolute atomic E-state index is 13.5. The molecule has 0 aliphatic carbocycles. The van der Waals surface area contributed by atoms with Crippen molar-refractivity contribution >= 4 is 70.5 Å². The van der Waals surface area contributed by atoms with Crippen LogP contribution in [0, 0.1) is 0 Å². The number of Topliss-reactive ketones (excluding diaryl/α,β-unsaturated/α-hetero) is 6. The number of carbonyl (C=O) groups is 12. The van der Waals surface area contributed by atoms with Gasteiger partial charge in [0.1, 0.15) is 73.2 Å². The first-order valence-corrected chi connectivity index (χ1v) is 33.8. The van der Waals surface area contributed by atoms with Crippen molar-refractivity contribution in [1.29, 1.82) is 0 Å². The first kappa shape index (κ1) is 83.6. The molecule has 8 aromatic rings. The van der Waals surface area contributed by atoms with Gasteiger partial charge in [0, 0.05) is 33.4 Å². The number of aliphatic hydroxyl groups is 6. The summed E-state index contributed by atoms with van der Waals surface area (Å²) in [7, 11) is 0. The van der Waals surface area contributed by atoms with E-state index in [4.69, 9.17) is 28.4 Å². The average molecular weight is 1480 g/mol. The van der Waals surface area contributed by atoms with E-state index in [1.807, 2.05) is 0 Å². The summed E-state index contributed by atoms with van der Waals surface area (Å²) < 4.78 is 32.8. The predicted molar refractivity (Wildman–Crippen MR) is 390 cm³/mol. The normalized spacial score (nSPS) is 11.7. The Kier molecular flexibility index (Phi) is 26.9. The standard InChI is InChI=1S/2C42H42O12/c1-40(2,49)34(43)28-13-7-10-25(16-28)22-52-37(46)31-19-32(38(47)53-23-26-11-8-14-29(17-26)35(44)41(3,4)50)21-33(20-31)39(48)54-24-27-12-9-15-30(18-27)36(45)42(5,6)51;1-40(2,49)34(43)28-13-7-10-25(18-28)22-52-37(46)31-16-17-32(38(47)53-23-26-11-8-14-29(19-26)35(44)41(3,4)50)33(21-31)39(48)54-24-27-12-9-15-30(20-27)36(45)42(5,6)51/h2*7-21,49-51H,22-24H2,1-6H3. The lowest BCUT2D eigenvalue weighted by atomic mass is 9.96. The Morgan fingerprint density at radius 2 is 0.398 bits per heavy atom. The van der Waals surface area contributed by atoms with E-state index < -0.39 is 104 Å². The fourth-order valence-electron chi connectivity index (χ4n) is 10.3. The second-order valence-corrected chi connectivity index (χ2v) is 28.5. The van der Waals surface area contributed by atoms with Crippen molar-refractivity contribution in [1.82, 2.24) is 0 Å². The van der Waals surface area contributed by atoms with Gasteiger partial charge in [0.15, 0.2) is 34.7 Å². The van der Waals surface area contributed by atoms with Crippen LogP contribution in [0.5, 0.6) is 0 Å². The maximum atomic E-state index is 13.5. The zero-order valence-electron chi connectivity index (χ0n) is 61.6. The van der Waals surface area contributed by atoms with Crippen LogP contribution in [0.4, 0.5) is 0 Å². The molecular formula is C84H84O24. The number of hydrogen-bond donors (Lipinski definition) is 6. The van der Waals surface area contributed by atoms with Gasteiger partial charge in [0.2, 0.25) is 0 Å². The summed E-state index contributed by atoms with van der Waals surface area (Å²) in [6.07, 6.45) is 0.